The molecular weight excluding hydrogens is 152 g/mol. The molecule has 11 heavy (non-hydrogen) atoms. The van der Waals surface area contributed by atoms with Crippen molar-refractivity contribution in [2.45, 2.75) is 13.0 Å². The van der Waals surface area contributed by atoms with Gasteiger partial charge in [0.05, 0.1) is 0 Å². The molecule has 0 saturated carbocycles. The van der Waals surface area contributed by atoms with Crippen molar-refractivity contribution in [3.8, 4) is 0 Å². The van der Waals surface area contributed by atoms with E-state index in [1.807, 2.05) is 0 Å². The Hall–Kier alpha value is -1.10. The molecule has 1 rings (SSSR count). The van der Waals surface area contributed by atoms with E-state index in [0.717, 1.165) is 6.33 Å². The number of rotatable bonds is 2. The first kappa shape index (κ1) is 8.00. The lowest BCUT2D eigenvalue weighted by molar-refractivity contribution is 0.144. The number of hydrogen-bond donors (Lipinski definition) is 1. The second-order valence-electron chi connectivity index (χ2n) is 1.94. The third kappa shape index (κ3) is 1.68. The van der Waals surface area contributed by atoms with Crippen LogP contribution in [0.3, 0.4) is 0 Å². The van der Waals surface area contributed by atoms with Crippen molar-refractivity contribution in [3.05, 3.63) is 23.8 Å². The van der Waals surface area contributed by atoms with E-state index >= 15 is 0 Å². The molecule has 0 fully saturated rings. The highest BCUT2D eigenvalue weighted by Gasteiger charge is 2.12. The molecule has 1 aromatic rings. The Bertz CT molecular complexity index is 239. The zero-order chi connectivity index (χ0) is 8.27. The van der Waals surface area contributed by atoms with Gasteiger partial charge in [-0.05, 0) is 0 Å². The lowest BCUT2D eigenvalue weighted by Gasteiger charge is -2.02. The van der Waals surface area contributed by atoms with Crippen LogP contribution in [0.5, 0.6) is 0 Å². The quantitative estimate of drug-likeness (QED) is 0.696. The number of hydrogen-bond acceptors (Lipinski definition) is 3. The van der Waals surface area contributed by atoms with E-state index in [4.69, 9.17) is 5.73 Å². The van der Waals surface area contributed by atoms with Crippen molar-refractivity contribution in [2.24, 2.45) is 5.73 Å². The van der Waals surface area contributed by atoms with Crippen LogP contribution in [-0.4, -0.2) is 9.97 Å². The summed E-state index contributed by atoms with van der Waals surface area (Å²) >= 11 is 0. The average molecular weight is 159 g/mol. The highest BCUT2D eigenvalue weighted by molar-refractivity contribution is 5.16. The maximum Gasteiger partial charge on any atom is 0.280 e. The molecule has 0 atom stereocenters. The van der Waals surface area contributed by atoms with E-state index in [-0.39, 0.29) is 12.2 Å². The maximum absolute atomic E-state index is 12.1. The Morgan fingerprint density at radius 1 is 1.55 bits per heavy atom. The predicted octanol–water partition coefficient (Wildman–Crippen LogP) is 0.873. The second kappa shape index (κ2) is 3.34. The van der Waals surface area contributed by atoms with Crippen LogP contribution in [0.25, 0.3) is 0 Å². The van der Waals surface area contributed by atoms with Crippen molar-refractivity contribution in [1.29, 1.82) is 0 Å². The van der Waals surface area contributed by atoms with E-state index in [0.29, 0.717) is 5.56 Å². The second-order valence-corrected chi connectivity index (χ2v) is 1.94. The molecule has 0 radical (unpaired) electrons. The fraction of sp³-hybridized carbons (Fsp3) is 0.333. The molecule has 0 amide bonds. The lowest BCUT2D eigenvalue weighted by atomic mass is 10.2. The van der Waals surface area contributed by atoms with Gasteiger partial charge in [0.15, 0.2) is 0 Å². The van der Waals surface area contributed by atoms with E-state index in [1.165, 1.54) is 6.20 Å². The van der Waals surface area contributed by atoms with Crippen LogP contribution in [-0.2, 0) is 6.54 Å². The number of aromatic nitrogens is 2. The summed E-state index contributed by atoms with van der Waals surface area (Å²) in [6.07, 6.45) is -0.189. The fourth-order valence-corrected chi connectivity index (χ4v) is 0.722. The lowest BCUT2D eigenvalue weighted by Crippen LogP contribution is -2.04. The first-order chi connectivity index (χ1) is 5.25. The maximum atomic E-state index is 12.1. The van der Waals surface area contributed by atoms with Crippen LogP contribution < -0.4 is 5.73 Å². The molecule has 0 aliphatic rings. The van der Waals surface area contributed by atoms with Gasteiger partial charge in [-0.15, -0.1) is 0 Å². The van der Waals surface area contributed by atoms with Crippen molar-refractivity contribution < 1.29 is 8.78 Å². The Morgan fingerprint density at radius 2 is 2.27 bits per heavy atom. The smallest absolute Gasteiger partial charge is 0.280 e. The van der Waals surface area contributed by atoms with Crippen LogP contribution >= 0.6 is 0 Å². The standard InChI is InChI=1S/C6H7F2N3/c7-6(8)5-4(1-9)2-10-3-11-5/h2-3,6H,1,9H2. The van der Waals surface area contributed by atoms with Gasteiger partial charge in [0.25, 0.3) is 6.43 Å². The van der Waals surface area contributed by atoms with Crippen LogP contribution in [0.2, 0.25) is 0 Å². The molecular formula is C6H7F2N3. The first-order valence-electron chi connectivity index (χ1n) is 3.02. The Morgan fingerprint density at radius 3 is 2.73 bits per heavy atom. The SMILES string of the molecule is NCc1cncnc1C(F)F. The summed E-state index contributed by atoms with van der Waals surface area (Å²) in [5.74, 6) is 0. The minimum Gasteiger partial charge on any atom is -0.326 e. The van der Waals surface area contributed by atoms with E-state index in [9.17, 15) is 8.78 Å². The summed E-state index contributed by atoms with van der Waals surface area (Å²) in [4.78, 5) is 6.98. The third-order valence-electron chi connectivity index (χ3n) is 1.25. The number of alkyl halides is 2. The Kier molecular flexibility index (Phi) is 2.43. The van der Waals surface area contributed by atoms with Gasteiger partial charge in [-0.25, -0.2) is 18.7 Å². The van der Waals surface area contributed by atoms with Gasteiger partial charge >= 0.3 is 0 Å². The van der Waals surface area contributed by atoms with E-state index < -0.39 is 6.43 Å². The highest BCUT2D eigenvalue weighted by Crippen LogP contribution is 2.18. The number of halogens is 2. The molecule has 0 spiro atoms. The minimum absolute atomic E-state index is 0.0422. The Balaban J connectivity index is 3.02. The summed E-state index contributed by atoms with van der Waals surface area (Å²) in [6, 6.07) is 0. The van der Waals surface area contributed by atoms with Crippen LogP contribution in [0, 0.1) is 0 Å². The number of nitrogens with zero attached hydrogens (tertiary/aromatic N) is 2. The zero-order valence-electron chi connectivity index (χ0n) is 5.67. The molecule has 1 heterocycles. The summed E-state index contributed by atoms with van der Waals surface area (Å²) in [5, 5.41) is 0. The van der Waals surface area contributed by atoms with Crippen molar-refractivity contribution in [3.63, 3.8) is 0 Å². The molecule has 2 N–H and O–H groups in total. The van der Waals surface area contributed by atoms with Crippen LogP contribution in [0.1, 0.15) is 17.7 Å². The van der Waals surface area contributed by atoms with E-state index in [2.05, 4.69) is 9.97 Å². The molecule has 0 saturated heterocycles. The Labute approximate surface area is 62.3 Å². The predicted molar refractivity (Wildman–Crippen MR) is 34.9 cm³/mol. The molecule has 0 aromatic carbocycles. The van der Waals surface area contributed by atoms with Gasteiger partial charge in [0.1, 0.15) is 12.0 Å². The normalized spacial score (nSPS) is 10.5. The monoisotopic (exact) mass is 159 g/mol. The van der Waals surface area contributed by atoms with Gasteiger partial charge < -0.3 is 5.73 Å². The molecule has 5 heteroatoms. The molecule has 0 aliphatic carbocycles. The summed E-state index contributed by atoms with van der Waals surface area (Å²) in [6.45, 7) is 0.0422. The summed E-state index contributed by atoms with van der Waals surface area (Å²) in [7, 11) is 0. The van der Waals surface area contributed by atoms with Crippen LogP contribution in [0.4, 0.5) is 8.78 Å². The van der Waals surface area contributed by atoms with Gasteiger partial charge in [-0.3, -0.25) is 0 Å². The molecule has 60 valence electrons. The zero-order valence-corrected chi connectivity index (χ0v) is 5.67. The van der Waals surface area contributed by atoms with Crippen molar-refractivity contribution in [1.82, 2.24) is 9.97 Å². The average Bonchev–Trinajstić information content (AvgIpc) is 2.04. The molecule has 3 nitrogen and oxygen atoms in total. The van der Waals surface area contributed by atoms with E-state index in [1.54, 1.807) is 0 Å². The van der Waals surface area contributed by atoms with Gasteiger partial charge in [0.2, 0.25) is 0 Å². The van der Waals surface area contributed by atoms with Crippen LogP contribution in [0.15, 0.2) is 12.5 Å². The first-order valence-corrected chi connectivity index (χ1v) is 3.02. The largest absolute Gasteiger partial charge is 0.326 e. The molecule has 1 aromatic heterocycles. The highest BCUT2D eigenvalue weighted by atomic mass is 19.3. The molecule has 0 bridgehead atoms. The molecule has 0 aliphatic heterocycles. The van der Waals surface area contributed by atoms with Gasteiger partial charge in [-0.2, -0.15) is 0 Å². The van der Waals surface area contributed by atoms with Crippen molar-refractivity contribution >= 4 is 0 Å². The van der Waals surface area contributed by atoms with Gasteiger partial charge in [-0.1, -0.05) is 0 Å². The third-order valence-corrected chi connectivity index (χ3v) is 1.25. The molecule has 0 unspecified atom stereocenters. The van der Waals surface area contributed by atoms with Crippen molar-refractivity contribution in [2.75, 3.05) is 0 Å². The summed E-state index contributed by atoms with van der Waals surface area (Å²) < 4.78 is 24.1. The fourth-order valence-electron chi connectivity index (χ4n) is 0.722. The topological polar surface area (TPSA) is 51.8 Å². The minimum atomic E-state index is -2.57. The summed E-state index contributed by atoms with van der Waals surface area (Å²) in [5.41, 5.74) is 5.19. The van der Waals surface area contributed by atoms with Gasteiger partial charge in [0, 0.05) is 18.3 Å². The number of nitrogens with two attached hydrogens (primary N) is 1.